The number of carbonyl (C=O) groups is 1. The fourth-order valence-electron chi connectivity index (χ4n) is 2.59. The van der Waals surface area contributed by atoms with Gasteiger partial charge in [-0.2, -0.15) is 0 Å². The quantitative estimate of drug-likeness (QED) is 0.480. The normalized spacial score (nSPS) is 18.6. The highest BCUT2D eigenvalue weighted by Crippen LogP contribution is 2.28. The summed E-state index contributed by atoms with van der Waals surface area (Å²) in [4.78, 5) is 23.9. The summed E-state index contributed by atoms with van der Waals surface area (Å²) in [6.45, 7) is 0.861. The zero-order chi connectivity index (χ0) is 14.5. The summed E-state index contributed by atoms with van der Waals surface area (Å²) in [6, 6.07) is 6.59. The second-order valence-corrected chi connectivity index (χ2v) is 4.90. The van der Waals surface area contributed by atoms with Crippen molar-refractivity contribution >= 4 is 17.3 Å². The van der Waals surface area contributed by atoms with Gasteiger partial charge in [0.2, 0.25) is 0 Å². The van der Waals surface area contributed by atoms with Crippen LogP contribution in [-0.2, 0) is 9.53 Å². The van der Waals surface area contributed by atoms with Crippen LogP contribution in [-0.4, -0.2) is 30.6 Å². The van der Waals surface area contributed by atoms with Crippen LogP contribution in [0.2, 0.25) is 0 Å². The topological polar surface area (TPSA) is 72.7 Å². The molecule has 1 fully saturated rings. The minimum atomic E-state index is -0.411. The highest BCUT2D eigenvalue weighted by molar-refractivity contribution is 5.71. The first-order chi connectivity index (χ1) is 9.61. The van der Waals surface area contributed by atoms with E-state index in [0.717, 1.165) is 31.5 Å². The number of benzene rings is 1. The molecular weight excluding hydrogens is 260 g/mol. The summed E-state index contributed by atoms with van der Waals surface area (Å²) in [5.74, 6) is -0.219. The van der Waals surface area contributed by atoms with E-state index < -0.39 is 4.92 Å². The molecule has 0 aromatic heterocycles. The van der Waals surface area contributed by atoms with Gasteiger partial charge < -0.3 is 9.64 Å². The van der Waals surface area contributed by atoms with E-state index in [-0.39, 0.29) is 17.7 Å². The van der Waals surface area contributed by atoms with E-state index in [0.29, 0.717) is 6.42 Å². The Morgan fingerprint density at radius 2 is 2.10 bits per heavy atom. The Hall–Kier alpha value is -2.11. The highest BCUT2D eigenvalue weighted by atomic mass is 16.6. The standard InChI is InChI=1S/C14H18N2O4/c1-20-14(17)10-13-4-2-3-9-15(13)11-5-7-12(8-6-11)16(18)19/h5-8,13H,2-4,9-10H2,1H3. The molecule has 1 unspecified atom stereocenters. The maximum absolute atomic E-state index is 11.5. The number of esters is 1. The fourth-order valence-corrected chi connectivity index (χ4v) is 2.59. The number of rotatable bonds is 4. The van der Waals surface area contributed by atoms with Crippen molar-refractivity contribution in [3.63, 3.8) is 0 Å². The van der Waals surface area contributed by atoms with Crippen LogP contribution in [0.1, 0.15) is 25.7 Å². The molecule has 0 radical (unpaired) electrons. The zero-order valence-electron chi connectivity index (χ0n) is 11.4. The highest BCUT2D eigenvalue weighted by Gasteiger charge is 2.25. The first-order valence-electron chi connectivity index (χ1n) is 6.69. The average molecular weight is 278 g/mol. The van der Waals surface area contributed by atoms with Crippen LogP contribution < -0.4 is 4.90 Å². The molecule has 1 atom stereocenters. The number of hydrogen-bond acceptors (Lipinski definition) is 5. The Morgan fingerprint density at radius 3 is 2.70 bits per heavy atom. The van der Waals surface area contributed by atoms with Crippen LogP contribution in [0.3, 0.4) is 0 Å². The largest absolute Gasteiger partial charge is 0.469 e. The molecule has 0 spiro atoms. The number of nitro benzene ring substituents is 1. The van der Waals surface area contributed by atoms with Crippen LogP contribution in [0, 0.1) is 10.1 Å². The molecule has 20 heavy (non-hydrogen) atoms. The lowest BCUT2D eigenvalue weighted by Gasteiger charge is -2.37. The lowest BCUT2D eigenvalue weighted by Crippen LogP contribution is -2.41. The molecule has 1 aromatic rings. The predicted molar refractivity (Wildman–Crippen MR) is 74.7 cm³/mol. The lowest BCUT2D eigenvalue weighted by molar-refractivity contribution is -0.384. The average Bonchev–Trinajstić information content (AvgIpc) is 2.48. The van der Waals surface area contributed by atoms with E-state index in [1.165, 1.54) is 19.2 Å². The van der Waals surface area contributed by atoms with Crippen molar-refractivity contribution in [2.75, 3.05) is 18.6 Å². The summed E-state index contributed by atoms with van der Waals surface area (Å²) in [5, 5.41) is 10.7. The summed E-state index contributed by atoms with van der Waals surface area (Å²) in [6.07, 6.45) is 3.44. The van der Waals surface area contributed by atoms with Gasteiger partial charge in [0.15, 0.2) is 0 Å². The number of ether oxygens (including phenoxy) is 1. The van der Waals surface area contributed by atoms with Gasteiger partial charge in [-0.05, 0) is 31.4 Å². The van der Waals surface area contributed by atoms with Gasteiger partial charge in [-0.25, -0.2) is 0 Å². The molecule has 108 valence electrons. The number of anilines is 1. The van der Waals surface area contributed by atoms with Crippen molar-refractivity contribution in [3.8, 4) is 0 Å². The molecule has 6 nitrogen and oxygen atoms in total. The monoisotopic (exact) mass is 278 g/mol. The van der Waals surface area contributed by atoms with Gasteiger partial charge in [0, 0.05) is 30.4 Å². The minimum Gasteiger partial charge on any atom is -0.469 e. The van der Waals surface area contributed by atoms with Gasteiger partial charge in [0.05, 0.1) is 18.5 Å². The van der Waals surface area contributed by atoms with E-state index in [4.69, 9.17) is 4.74 Å². The third kappa shape index (κ3) is 3.26. The molecule has 1 aromatic carbocycles. The summed E-state index contributed by atoms with van der Waals surface area (Å²) >= 11 is 0. The lowest BCUT2D eigenvalue weighted by atomic mass is 9.98. The molecule has 1 aliphatic rings. The number of hydrogen-bond donors (Lipinski definition) is 0. The molecule has 0 aliphatic carbocycles. The molecule has 1 saturated heterocycles. The molecule has 0 amide bonds. The van der Waals surface area contributed by atoms with Crippen molar-refractivity contribution in [1.29, 1.82) is 0 Å². The Balaban J connectivity index is 2.14. The van der Waals surface area contributed by atoms with Crippen molar-refractivity contribution in [1.82, 2.24) is 0 Å². The van der Waals surface area contributed by atoms with E-state index in [9.17, 15) is 14.9 Å². The Bertz CT molecular complexity index is 486. The van der Waals surface area contributed by atoms with Crippen LogP contribution >= 0.6 is 0 Å². The predicted octanol–water partition coefficient (Wildman–Crippen LogP) is 2.52. The zero-order valence-corrected chi connectivity index (χ0v) is 11.4. The third-order valence-electron chi connectivity index (χ3n) is 3.65. The Morgan fingerprint density at radius 1 is 1.40 bits per heavy atom. The molecule has 0 saturated carbocycles. The summed E-state index contributed by atoms with van der Waals surface area (Å²) < 4.78 is 4.73. The van der Waals surface area contributed by atoms with Gasteiger partial charge in [-0.15, -0.1) is 0 Å². The number of methoxy groups -OCH3 is 1. The van der Waals surface area contributed by atoms with Gasteiger partial charge >= 0.3 is 5.97 Å². The van der Waals surface area contributed by atoms with Crippen LogP contribution in [0.5, 0.6) is 0 Å². The van der Waals surface area contributed by atoms with Crippen molar-refractivity contribution < 1.29 is 14.5 Å². The minimum absolute atomic E-state index is 0.0790. The number of non-ortho nitro benzene ring substituents is 1. The van der Waals surface area contributed by atoms with E-state index >= 15 is 0 Å². The molecule has 2 rings (SSSR count). The molecular formula is C14H18N2O4. The molecule has 0 N–H and O–H groups in total. The van der Waals surface area contributed by atoms with E-state index in [2.05, 4.69) is 4.90 Å². The van der Waals surface area contributed by atoms with Gasteiger partial charge in [0.1, 0.15) is 0 Å². The molecule has 1 aliphatic heterocycles. The summed E-state index contributed by atoms with van der Waals surface area (Å²) in [5.41, 5.74) is 1.000. The number of carbonyl (C=O) groups excluding carboxylic acids is 1. The Kier molecular flexibility index (Phi) is 4.55. The first-order valence-corrected chi connectivity index (χ1v) is 6.69. The maximum atomic E-state index is 11.5. The van der Waals surface area contributed by atoms with Gasteiger partial charge in [-0.3, -0.25) is 14.9 Å². The fraction of sp³-hybridized carbons (Fsp3) is 0.500. The SMILES string of the molecule is COC(=O)CC1CCCCN1c1ccc([N+](=O)[O-])cc1. The van der Waals surface area contributed by atoms with Crippen LogP contribution in [0.4, 0.5) is 11.4 Å². The van der Waals surface area contributed by atoms with E-state index in [1.807, 2.05) is 0 Å². The second-order valence-electron chi connectivity index (χ2n) is 4.90. The first kappa shape index (κ1) is 14.3. The Labute approximate surface area is 117 Å². The van der Waals surface area contributed by atoms with Gasteiger partial charge in [0.25, 0.3) is 5.69 Å². The number of nitro groups is 1. The van der Waals surface area contributed by atoms with Crippen molar-refractivity contribution in [2.45, 2.75) is 31.7 Å². The van der Waals surface area contributed by atoms with Crippen molar-refractivity contribution in [3.05, 3.63) is 34.4 Å². The summed E-state index contributed by atoms with van der Waals surface area (Å²) in [7, 11) is 1.39. The maximum Gasteiger partial charge on any atom is 0.307 e. The van der Waals surface area contributed by atoms with Crippen molar-refractivity contribution in [2.24, 2.45) is 0 Å². The van der Waals surface area contributed by atoms with E-state index in [1.54, 1.807) is 12.1 Å². The van der Waals surface area contributed by atoms with Gasteiger partial charge in [-0.1, -0.05) is 0 Å². The molecule has 6 heteroatoms. The third-order valence-corrected chi connectivity index (χ3v) is 3.65. The van der Waals surface area contributed by atoms with Crippen LogP contribution in [0.15, 0.2) is 24.3 Å². The molecule has 0 bridgehead atoms. The van der Waals surface area contributed by atoms with Crippen LogP contribution in [0.25, 0.3) is 0 Å². The molecule has 1 heterocycles. The second kappa shape index (κ2) is 6.36. The number of piperidine rings is 1. The smallest absolute Gasteiger partial charge is 0.307 e. The number of nitrogens with zero attached hydrogens (tertiary/aromatic N) is 2.